The molecule has 10 nitrogen and oxygen atoms in total. The van der Waals surface area contributed by atoms with Crippen molar-refractivity contribution in [3.05, 3.63) is 45.7 Å². The van der Waals surface area contributed by atoms with E-state index in [1.807, 2.05) is 6.92 Å². The SMILES string of the molecule is CCCCC(=O)c1ccc(O)c2c1CC1CC3[C@H](N(C)C)C(=O)C(C(N)=O)=C(O)[C@@]3(O)C(=O)C1=C2O. The summed E-state index contributed by atoms with van der Waals surface area (Å²) in [7, 11) is 3.08. The van der Waals surface area contributed by atoms with E-state index in [9.17, 15) is 39.6 Å². The van der Waals surface area contributed by atoms with Crippen molar-refractivity contribution >= 4 is 29.0 Å². The standard InChI is InChI=1S/C26H30N2O8/c1-4-5-6-15(29)12-7-8-16(30)18-13(12)9-11-10-14-20(28(2)3)22(32)19(25(27)35)24(34)26(14,36)23(33)17(11)21(18)31/h7-8,11,14,20,30-31,34,36H,4-6,9-10H2,1-3H3,(H2,27,35)/t11?,14?,20-,26-/m0/s1. The van der Waals surface area contributed by atoms with Crippen molar-refractivity contribution in [3.63, 3.8) is 0 Å². The van der Waals surface area contributed by atoms with Crippen molar-refractivity contribution in [1.29, 1.82) is 0 Å². The molecule has 0 bridgehead atoms. The smallest absolute Gasteiger partial charge is 0.255 e. The van der Waals surface area contributed by atoms with Gasteiger partial charge in [-0.1, -0.05) is 13.3 Å². The second kappa shape index (κ2) is 8.86. The van der Waals surface area contributed by atoms with Crippen LogP contribution in [0.15, 0.2) is 29.0 Å². The van der Waals surface area contributed by atoms with Crippen LogP contribution in [0.3, 0.4) is 0 Å². The number of carbonyl (C=O) groups is 4. The van der Waals surface area contributed by atoms with Gasteiger partial charge >= 0.3 is 0 Å². The molecule has 6 N–H and O–H groups in total. The number of benzene rings is 1. The first-order chi connectivity index (χ1) is 16.9. The topological polar surface area (TPSA) is 178 Å². The number of phenolic OH excluding ortho intramolecular Hbond substituents is 1. The number of rotatable bonds is 6. The number of ketones is 3. The molecule has 0 saturated heterocycles. The number of hydrogen-bond donors (Lipinski definition) is 5. The molecular formula is C26H30N2O8. The van der Waals surface area contributed by atoms with Gasteiger partial charge in [0.05, 0.1) is 11.6 Å². The number of hydrogen-bond acceptors (Lipinski definition) is 9. The number of carbonyl (C=O) groups excluding carboxylic acids is 4. The Labute approximate surface area is 207 Å². The quantitative estimate of drug-likeness (QED) is 0.286. The number of primary amides is 1. The molecule has 1 fully saturated rings. The maximum Gasteiger partial charge on any atom is 0.255 e. The fourth-order valence-corrected chi connectivity index (χ4v) is 5.98. The molecule has 1 aromatic rings. The van der Waals surface area contributed by atoms with Crippen molar-refractivity contribution in [2.24, 2.45) is 17.6 Å². The average molecular weight is 499 g/mol. The summed E-state index contributed by atoms with van der Waals surface area (Å²) in [4.78, 5) is 53.2. The molecule has 2 unspecified atom stereocenters. The van der Waals surface area contributed by atoms with E-state index in [2.05, 4.69) is 0 Å². The Morgan fingerprint density at radius 3 is 2.42 bits per heavy atom. The molecule has 0 spiro atoms. The maximum atomic E-state index is 13.8. The van der Waals surface area contributed by atoms with Gasteiger partial charge in [-0.2, -0.15) is 0 Å². The fraction of sp³-hybridized carbons (Fsp3) is 0.462. The summed E-state index contributed by atoms with van der Waals surface area (Å²) in [5.74, 6) is -7.29. The number of likely N-dealkylation sites (N-methyl/N-ethyl adjacent to an activating group) is 1. The van der Waals surface area contributed by atoms with Gasteiger partial charge in [-0.05, 0) is 57.0 Å². The maximum absolute atomic E-state index is 13.8. The number of unbranched alkanes of at least 4 members (excludes halogenated alkanes) is 1. The zero-order valence-electron chi connectivity index (χ0n) is 20.4. The number of aromatic hydroxyl groups is 1. The third kappa shape index (κ3) is 3.47. The van der Waals surface area contributed by atoms with Gasteiger partial charge in [-0.25, -0.2) is 0 Å². The minimum Gasteiger partial charge on any atom is -0.508 e. The van der Waals surface area contributed by atoms with Crippen molar-refractivity contribution in [3.8, 4) is 5.75 Å². The monoisotopic (exact) mass is 498 g/mol. The summed E-state index contributed by atoms with van der Waals surface area (Å²) < 4.78 is 0. The Kier molecular flexibility index (Phi) is 6.30. The molecule has 4 rings (SSSR count). The van der Waals surface area contributed by atoms with Crippen LogP contribution in [-0.4, -0.2) is 74.3 Å². The summed E-state index contributed by atoms with van der Waals surface area (Å²) in [5, 5.41) is 44.2. The van der Waals surface area contributed by atoms with Gasteiger partial charge in [0.2, 0.25) is 5.78 Å². The van der Waals surface area contributed by atoms with E-state index in [0.29, 0.717) is 17.5 Å². The molecule has 1 amide bonds. The number of nitrogens with zero attached hydrogens (tertiary/aromatic N) is 1. The summed E-state index contributed by atoms with van der Waals surface area (Å²) >= 11 is 0. The van der Waals surface area contributed by atoms with Gasteiger partial charge in [0, 0.05) is 23.5 Å². The Morgan fingerprint density at radius 1 is 1.17 bits per heavy atom. The van der Waals surface area contributed by atoms with Crippen LogP contribution in [0.5, 0.6) is 5.75 Å². The van der Waals surface area contributed by atoms with E-state index in [1.165, 1.54) is 31.1 Å². The van der Waals surface area contributed by atoms with Crippen LogP contribution in [-0.2, 0) is 20.8 Å². The normalized spacial score (nSPS) is 27.6. The number of aliphatic hydroxyl groups excluding tert-OH is 2. The molecule has 10 heteroatoms. The summed E-state index contributed by atoms with van der Waals surface area (Å²) in [6, 6.07) is 1.60. The van der Waals surface area contributed by atoms with Gasteiger partial charge in [-0.15, -0.1) is 0 Å². The van der Waals surface area contributed by atoms with Crippen molar-refractivity contribution in [2.45, 2.75) is 50.7 Å². The lowest BCUT2D eigenvalue weighted by Crippen LogP contribution is -2.65. The number of nitrogens with two attached hydrogens (primary N) is 1. The van der Waals surface area contributed by atoms with Crippen LogP contribution in [0, 0.1) is 11.8 Å². The third-order valence-electron chi connectivity index (χ3n) is 7.66. The average Bonchev–Trinajstić information content (AvgIpc) is 2.79. The summed E-state index contributed by atoms with van der Waals surface area (Å²) in [6.45, 7) is 1.95. The largest absolute Gasteiger partial charge is 0.508 e. The minimum atomic E-state index is -2.69. The van der Waals surface area contributed by atoms with Crippen LogP contribution in [0.2, 0.25) is 0 Å². The predicted octanol–water partition coefficient (Wildman–Crippen LogP) is 1.34. The lowest BCUT2D eigenvalue weighted by Gasteiger charge is -2.50. The van der Waals surface area contributed by atoms with E-state index in [1.54, 1.807) is 0 Å². The highest BCUT2D eigenvalue weighted by molar-refractivity contribution is 6.24. The number of fused-ring (bicyclic) bond motifs is 3. The molecule has 1 saturated carbocycles. The highest BCUT2D eigenvalue weighted by Gasteiger charge is 2.64. The molecule has 0 aromatic heterocycles. The second-order valence-corrected chi connectivity index (χ2v) is 9.97. The summed E-state index contributed by atoms with van der Waals surface area (Å²) in [5.41, 5.74) is 2.18. The van der Waals surface area contributed by atoms with Crippen LogP contribution in [0.25, 0.3) is 5.76 Å². The molecule has 3 aliphatic rings. The molecule has 4 atom stereocenters. The first-order valence-corrected chi connectivity index (χ1v) is 11.9. The molecule has 0 aliphatic heterocycles. The Hall–Kier alpha value is -3.50. The van der Waals surface area contributed by atoms with Crippen LogP contribution < -0.4 is 5.73 Å². The van der Waals surface area contributed by atoms with Crippen LogP contribution in [0.4, 0.5) is 0 Å². The number of Topliss-reactive ketones (excluding diaryl/α,β-unsaturated/α-hetero) is 3. The second-order valence-electron chi connectivity index (χ2n) is 9.97. The summed E-state index contributed by atoms with van der Waals surface area (Å²) in [6.07, 6.45) is 1.82. The van der Waals surface area contributed by atoms with Crippen LogP contribution in [0.1, 0.15) is 54.1 Å². The third-order valence-corrected chi connectivity index (χ3v) is 7.66. The van der Waals surface area contributed by atoms with Crippen molar-refractivity contribution in [1.82, 2.24) is 4.90 Å². The lowest BCUT2D eigenvalue weighted by atomic mass is 9.57. The van der Waals surface area contributed by atoms with Gasteiger partial charge in [0.15, 0.2) is 17.2 Å². The molecule has 0 heterocycles. The lowest BCUT2D eigenvalue weighted by molar-refractivity contribution is -0.153. The van der Waals surface area contributed by atoms with Crippen molar-refractivity contribution < 1.29 is 39.6 Å². The molecule has 36 heavy (non-hydrogen) atoms. The zero-order valence-corrected chi connectivity index (χ0v) is 20.4. The van der Waals surface area contributed by atoms with Crippen LogP contribution >= 0.6 is 0 Å². The highest BCUT2D eigenvalue weighted by atomic mass is 16.3. The van der Waals surface area contributed by atoms with Gasteiger partial charge in [-0.3, -0.25) is 24.1 Å². The fourth-order valence-electron chi connectivity index (χ4n) is 5.98. The molecular weight excluding hydrogens is 468 g/mol. The zero-order chi connectivity index (χ0) is 26.7. The first-order valence-electron chi connectivity index (χ1n) is 11.9. The van der Waals surface area contributed by atoms with E-state index in [4.69, 9.17) is 5.73 Å². The van der Waals surface area contributed by atoms with Crippen molar-refractivity contribution in [2.75, 3.05) is 14.1 Å². The Morgan fingerprint density at radius 2 is 1.83 bits per heavy atom. The van der Waals surface area contributed by atoms with Gasteiger partial charge < -0.3 is 26.2 Å². The van der Waals surface area contributed by atoms with Gasteiger partial charge in [0.25, 0.3) is 5.91 Å². The molecule has 3 aliphatic carbocycles. The number of phenols is 1. The van der Waals surface area contributed by atoms with E-state index in [-0.39, 0.29) is 41.9 Å². The Bertz CT molecular complexity index is 1260. The molecule has 1 aromatic carbocycles. The number of aliphatic hydroxyl groups is 3. The minimum absolute atomic E-state index is 0.0238. The van der Waals surface area contributed by atoms with E-state index >= 15 is 0 Å². The molecule has 0 radical (unpaired) electrons. The first kappa shape index (κ1) is 25.6. The molecule has 192 valence electrons. The highest BCUT2D eigenvalue weighted by Crippen LogP contribution is 2.53. The van der Waals surface area contributed by atoms with E-state index in [0.717, 1.165) is 6.42 Å². The van der Waals surface area contributed by atoms with E-state index < -0.39 is 58.0 Å². The Balaban J connectivity index is 1.93. The number of amides is 1. The predicted molar refractivity (Wildman–Crippen MR) is 128 cm³/mol. The van der Waals surface area contributed by atoms with Gasteiger partial charge in [0.1, 0.15) is 22.8 Å².